The molecule has 0 radical (unpaired) electrons. The van der Waals surface area contributed by atoms with E-state index in [9.17, 15) is 4.79 Å². The van der Waals surface area contributed by atoms with E-state index in [2.05, 4.69) is 6.58 Å². The maximum absolute atomic E-state index is 10.2. The van der Waals surface area contributed by atoms with Gasteiger partial charge in [-0.2, -0.15) is 0 Å². The van der Waals surface area contributed by atoms with Gasteiger partial charge >= 0.3 is 0 Å². The van der Waals surface area contributed by atoms with Gasteiger partial charge < -0.3 is 4.79 Å². The highest BCUT2D eigenvalue weighted by atomic mass is 35.5. The number of allylic oxidation sites excluding steroid dienone is 1. The zero-order valence-corrected chi connectivity index (χ0v) is 6.10. The molecule has 0 aliphatic carbocycles. The predicted octanol–water partition coefficient (Wildman–Crippen LogP) is 2.01. The number of alkyl halides is 1. The first-order chi connectivity index (χ1) is 4.35. The highest BCUT2D eigenvalue weighted by molar-refractivity contribution is 6.17. The first-order valence-electron chi connectivity index (χ1n) is 2.97. The average molecular weight is 147 g/mol. The summed E-state index contributed by atoms with van der Waals surface area (Å²) in [5.74, 6) is 0.636. The van der Waals surface area contributed by atoms with Gasteiger partial charge in [0.05, 0.1) is 0 Å². The van der Waals surface area contributed by atoms with Gasteiger partial charge in [0, 0.05) is 11.8 Å². The number of hydrogen-bond donors (Lipinski definition) is 0. The minimum atomic E-state index is 0.0833. The molecule has 0 rings (SSSR count). The number of hydrogen-bond acceptors (Lipinski definition) is 1. The van der Waals surface area contributed by atoms with Gasteiger partial charge in [-0.15, -0.1) is 18.2 Å². The van der Waals surface area contributed by atoms with E-state index in [1.807, 2.05) is 0 Å². The van der Waals surface area contributed by atoms with Gasteiger partial charge in [-0.05, 0) is 12.8 Å². The smallest absolute Gasteiger partial charge is 0.123 e. The summed E-state index contributed by atoms with van der Waals surface area (Å²) in [6.07, 6.45) is 4.18. The van der Waals surface area contributed by atoms with Crippen molar-refractivity contribution in [2.24, 2.45) is 5.92 Å². The Hall–Kier alpha value is -0.300. The molecule has 0 aliphatic rings. The fourth-order valence-electron chi connectivity index (χ4n) is 0.596. The molecule has 0 fully saturated rings. The molecule has 1 atom stereocenters. The Kier molecular flexibility index (Phi) is 5.64. The Morgan fingerprint density at radius 1 is 1.67 bits per heavy atom. The molecule has 0 spiro atoms. The second kappa shape index (κ2) is 5.83. The zero-order valence-electron chi connectivity index (χ0n) is 5.35. The van der Waals surface area contributed by atoms with Crippen molar-refractivity contribution < 1.29 is 4.79 Å². The van der Waals surface area contributed by atoms with Gasteiger partial charge in [-0.25, -0.2) is 0 Å². The molecule has 0 aromatic carbocycles. The van der Waals surface area contributed by atoms with Gasteiger partial charge in [0.1, 0.15) is 6.29 Å². The molecule has 2 heteroatoms. The van der Waals surface area contributed by atoms with Crippen molar-refractivity contribution in [2.45, 2.75) is 12.8 Å². The minimum Gasteiger partial charge on any atom is -0.303 e. The SMILES string of the molecule is C=CCC(C=O)CCCl. The van der Waals surface area contributed by atoms with Gasteiger partial charge in [0.25, 0.3) is 0 Å². The van der Waals surface area contributed by atoms with E-state index < -0.39 is 0 Å². The normalized spacial score (nSPS) is 12.6. The Morgan fingerprint density at radius 3 is 2.67 bits per heavy atom. The maximum atomic E-state index is 10.2. The van der Waals surface area contributed by atoms with Gasteiger partial charge in [0.15, 0.2) is 0 Å². The average Bonchev–Trinajstić information content (AvgIpc) is 1.88. The summed E-state index contributed by atoms with van der Waals surface area (Å²) in [7, 11) is 0. The molecule has 52 valence electrons. The number of halogens is 1. The number of aldehydes is 1. The van der Waals surface area contributed by atoms with Crippen LogP contribution >= 0.6 is 11.6 Å². The third kappa shape index (κ3) is 4.22. The molecule has 0 aromatic heterocycles. The second-order valence-electron chi connectivity index (χ2n) is 1.90. The molecule has 1 unspecified atom stereocenters. The lowest BCUT2D eigenvalue weighted by Gasteiger charge is -2.01. The lowest BCUT2D eigenvalue weighted by atomic mass is 10.1. The van der Waals surface area contributed by atoms with Crippen LogP contribution in [0.15, 0.2) is 12.7 Å². The van der Waals surface area contributed by atoms with Crippen molar-refractivity contribution in [1.82, 2.24) is 0 Å². The van der Waals surface area contributed by atoms with Crippen molar-refractivity contribution in [2.75, 3.05) is 5.88 Å². The Balaban J connectivity index is 3.40. The van der Waals surface area contributed by atoms with Crippen LogP contribution in [0.5, 0.6) is 0 Å². The van der Waals surface area contributed by atoms with Gasteiger partial charge in [-0.1, -0.05) is 6.08 Å². The van der Waals surface area contributed by atoms with Crippen LogP contribution in [0.3, 0.4) is 0 Å². The maximum Gasteiger partial charge on any atom is 0.123 e. The van der Waals surface area contributed by atoms with E-state index in [1.165, 1.54) is 0 Å². The van der Waals surface area contributed by atoms with Crippen LogP contribution < -0.4 is 0 Å². The van der Waals surface area contributed by atoms with E-state index in [4.69, 9.17) is 11.6 Å². The summed E-state index contributed by atoms with van der Waals surface area (Å²) in [6.45, 7) is 3.53. The summed E-state index contributed by atoms with van der Waals surface area (Å²) in [5, 5.41) is 0. The van der Waals surface area contributed by atoms with Gasteiger partial charge in [-0.3, -0.25) is 0 Å². The highest BCUT2D eigenvalue weighted by Crippen LogP contribution is 2.05. The van der Waals surface area contributed by atoms with Crippen molar-refractivity contribution in [1.29, 1.82) is 0 Å². The van der Waals surface area contributed by atoms with Crippen molar-refractivity contribution in [3.8, 4) is 0 Å². The third-order valence-corrected chi connectivity index (χ3v) is 1.36. The summed E-state index contributed by atoms with van der Waals surface area (Å²) < 4.78 is 0. The number of carbonyl (C=O) groups is 1. The molecule has 9 heavy (non-hydrogen) atoms. The fraction of sp³-hybridized carbons (Fsp3) is 0.571. The molecule has 0 aliphatic heterocycles. The van der Waals surface area contributed by atoms with E-state index in [0.29, 0.717) is 5.88 Å². The lowest BCUT2D eigenvalue weighted by Crippen LogP contribution is -2.00. The van der Waals surface area contributed by atoms with E-state index >= 15 is 0 Å². The molecule has 0 saturated carbocycles. The van der Waals surface area contributed by atoms with E-state index in [0.717, 1.165) is 19.1 Å². The van der Waals surface area contributed by atoms with Crippen LogP contribution in [0.25, 0.3) is 0 Å². The zero-order chi connectivity index (χ0) is 7.11. The predicted molar refractivity (Wildman–Crippen MR) is 39.7 cm³/mol. The quantitative estimate of drug-likeness (QED) is 0.330. The summed E-state index contributed by atoms with van der Waals surface area (Å²) in [4.78, 5) is 10.2. The molecule has 0 bridgehead atoms. The summed E-state index contributed by atoms with van der Waals surface area (Å²) in [6, 6.07) is 0. The highest BCUT2D eigenvalue weighted by Gasteiger charge is 2.01. The molecular weight excluding hydrogens is 136 g/mol. The minimum absolute atomic E-state index is 0.0833. The van der Waals surface area contributed by atoms with Crippen LogP contribution in [-0.2, 0) is 4.79 Å². The monoisotopic (exact) mass is 146 g/mol. The molecule has 1 nitrogen and oxygen atoms in total. The lowest BCUT2D eigenvalue weighted by molar-refractivity contribution is -0.111. The van der Waals surface area contributed by atoms with E-state index in [-0.39, 0.29) is 5.92 Å². The first kappa shape index (κ1) is 8.70. The van der Waals surface area contributed by atoms with Crippen molar-refractivity contribution >= 4 is 17.9 Å². The Morgan fingerprint density at radius 2 is 2.33 bits per heavy atom. The van der Waals surface area contributed by atoms with Crippen LogP contribution in [0.1, 0.15) is 12.8 Å². The fourth-order valence-corrected chi connectivity index (χ4v) is 0.876. The summed E-state index contributed by atoms with van der Waals surface area (Å²) >= 11 is 5.42. The molecule has 0 N–H and O–H groups in total. The second-order valence-corrected chi connectivity index (χ2v) is 2.28. The van der Waals surface area contributed by atoms with Crippen molar-refractivity contribution in [3.05, 3.63) is 12.7 Å². The molecule has 0 saturated heterocycles. The van der Waals surface area contributed by atoms with Crippen LogP contribution in [0, 0.1) is 5.92 Å². The van der Waals surface area contributed by atoms with Crippen molar-refractivity contribution in [3.63, 3.8) is 0 Å². The Labute approximate surface area is 60.7 Å². The van der Waals surface area contributed by atoms with Crippen LogP contribution in [0.4, 0.5) is 0 Å². The van der Waals surface area contributed by atoms with Crippen LogP contribution in [0.2, 0.25) is 0 Å². The third-order valence-electron chi connectivity index (χ3n) is 1.14. The largest absolute Gasteiger partial charge is 0.303 e. The molecular formula is C7H11ClO. The van der Waals surface area contributed by atoms with E-state index in [1.54, 1.807) is 6.08 Å². The Bertz CT molecular complexity index is 90.9. The molecule has 0 aromatic rings. The molecule has 0 amide bonds. The topological polar surface area (TPSA) is 17.1 Å². The first-order valence-corrected chi connectivity index (χ1v) is 3.50. The standard InChI is InChI=1S/C7H11ClO/c1-2-3-7(6-9)4-5-8/h2,6-7H,1,3-5H2. The summed E-state index contributed by atoms with van der Waals surface area (Å²) in [5.41, 5.74) is 0. The van der Waals surface area contributed by atoms with Crippen LogP contribution in [-0.4, -0.2) is 12.2 Å². The molecule has 0 heterocycles. The number of carbonyl (C=O) groups excluding carboxylic acids is 1. The number of rotatable bonds is 5. The van der Waals surface area contributed by atoms with Gasteiger partial charge in [0.2, 0.25) is 0 Å².